The van der Waals surface area contributed by atoms with Crippen molar-refractivity contribution in [1.82, 2.24) is 0 Å². The Morgan fingerprint density at radius 1 is 1.33 bits per heavy atom. The molecule has 6 heteroatoms. The van der Waals surface area contributed by atoms with Crippen molar-refractivity contribution in [3.05, 3.63) is 0 Å². The highest BCUT2D eigenvalue weighted by Gasteiger charge is 2.28. The van der Waals surface area contributed by atoms with E-state index in [0.29, 0.717) is 0 Å². The van der Waals surface area contributed by atoms with Crippen LogP contribution in [0.4, 0.5) is 0 Å². The van der Waals surface area contributed by atoms with Gasteiger partial charge in [0, 0.05) is 0 Å². The van der Waals surface area contributed by atoms with E-state index in [9.17, 15) is 9.59 Å². The molecular formula is C6H10O6. The summed E-state index contributed by atoms with van der Waals surface area (Å²) in [7, 11) is 0. The third-order valence-corrected chi connectivity index (χ3v) is 1.26. The van der Waals surface area contributed by atoms with Crippen molar-refractivity contribution in [2.75, 3.05) is 6.61 Å². The van der Waals surface area contributed by atoms with Crippen molar-refractivity contribution in [2.45, 2.75) is 18.3 Å². The van der Waals surface area contributed by atoms with Gasteiger partial charge in [-0.3, -0.25) is 9.59 Å². The van der Waals surface area contributed by atoms with Crippen molar-refractivity contribution in [3.8, 4) is 0 Å². The molecule has 0 saturated heterocycles. The molecule has 0 bridgehead atoms. The SMILES string of the molecule is O=C[C@@H](O)C(=O)[C@H](O)[C@H](O)CO. The molecule has 0 saturated carbocycles. The highest BCUT2D eigenvalue weighted by Crippen LogP contribution is 1.97. The Morgan fingerprint density at radius 2 is 1.83 bits per heavy atom. The molecule has 70 valence electrons. The van der Waals surface area contributed by atoms with Gasteiger partial charge in [-0.2, -0.15) is 0 Å². The number of aliphatic hydroxyl groups excluding tert-OH is 4. The van der Waals surface area contributed by atoms with Crippen LogP contribution in [-0.4, -0.2) is 57.4 Å². The third-order valence-electron chi connectivity index (χ3n) is 1.26. The summed E-state index contributed by atoms with van der Waals surface area (Å²) in [6.07, 6.45) is -5.64. The Morgan fingerprint density at radius 3 is 2.17 bits per heavy atom. The number of hydrogen-bond donors (Lipinski definition) is 4. The monoisotopic (exact) mass is 178 g/mol. The summed E-state index contributed by atoms with van der Waals surface area (Å²) in [5.41, 5.74) is 0. The lowest BCUT2D eigenvalue weighted by atomic mass is 10.1. The van der Waals surface area contributed by atoms with E-state index in [4.69, 9.17) is 20.4 Å². The fraction of sp³-hybridized carbons (Fsp3) is 0.667. The lowest BCUT2D eigenvalue weighted by molar-refractivity contribution is -0.145. The first-order valence-corrected chi connectivity index (χ1v) is 3.18. The molecule has 12 heavy (non-hydrogen) atoms. The van der Waals surface area contributed by atoms with Gasteiger partial charge in [0.2, 0.25) is 0 Å². The Labute approximate surface area is 68.1 Å². The van der Waals surface area contributed by atoms with Gasteiger partial charge >= 0.3 is 0 Å². The molecule has 0 aliphatic heterocycles. The van der Waals surface area contributed by atoms with Gasteiger partial charge in [0.1, 0.15) is 12.2 Å². The summed E-state index contributed by atoms with van der Waals surface area (Å²) in [6.45, 7) is -0.821. The zero-order valence-electron chi connectivity index (χ0n) is 6.12. The molecule has 3 atom stereocenters. The molecule has 0 aliphatic carbocycles. The van der Waals surface area contributed by atoms with Crippen molar-refractivity contribution in [3.63, 3.8) is 0 Å². The lowest BCUT2D eigenvalue weighted by Crippen LogP contribution is -2.42. The summed E-state index contributed by atoms with van der Waals surface area (Å²) < 4.78 is 0. The van der Waals surface area contributed by atoms with Gasteiger partial charge in [0.15, 0.2) is 18.2 Å². The van der Waals surface area contributed by atoms with Gasteiger partial charge in [-0.25, -0.2) is 0 Å². The molecular weight excluding hydrogens is 168 g/mol. The topological polar surface area (TPSA) is 115 Å². The van der Waals surface area contributed by atoms with Gasteiger partial charge in [0.25, 0.3) is 0 Å². The number of aldehydes is 1. The average Bonchev–Trinajstić information content (AvgIpc) is 2.12. The normalized spacial score (nSPS) is 18.0. The van der Waals surface area contributed by atoms with Gasteiger partial charge in [-0.1, -0.05) is 0 Å². The van der Waals surface area contributed by atoms with Crippen LogP contribution in [0.3, 0.4) is 0 Å². The van der Waals surface area contributed by atoms with Crippen LogP contribution in [0.2, 0.25) is 0 Å². The summed E-state index contributed by atoms with van der Waals surface area (Å²) in [6, 6.07) is 0. The summed E-state index contributed by atoms with van der Waals surface area (Å²) in [5.74, 6) is -1.23. The standard InChI is InChI=1S/C6H10O6/c7-1-3(9)5(11)6(12)4(10)2-8/h1,3-4,6,8-10,12H,2H2/t3-,4-,6-/m1/s1. The van der Waals surface area contributed by atoms with Crippen LogP contribution < -0.4 is 0 Å². The van der Waals surface area contributed by atoms with E-state index >= 15 is 0 Å². The molecule has 0 fully saturated rings. The predicted octanol–water partition coefficient (Wildman–Crippen LogP) is -3.17. The molecule has 0 aromatic heterocycles. The van der Waals surface area contributed by atoms with Crippen molar-refractivity contribution in [2.24, 2.45) is 0 Å². The molecule has 0 amide bonds. The van der Waals surface area contributed by atoms with Crippen LogP contribution in [0.15, 0.2) is 0 Å². The Kier molecular flexibility index (Phi) is 4.60. The van der Waals surface area contributed by atoms with Crippen LogP contribution in [0.1, 0.15) is 0 Å². The van der Waals surface area contributed by atoms with Crippen LogP contribution >= 0.6 is 0 Å². The lowest BCUT2D eigenvalue weighted by Gasteiger charge is -2.14. The van der Waals surface area contributed by atoms with Crippen LogP contribution in [0.25, 0.3) is 0 Å². The summed E-state index contributed by atoms with van der Waals surface area (Å²) in [4.78, 5) is 20.5. The molecule has 0 radical (unpaired) electrons. The maximum Gasteiger partial charge on any atom is 0.199 e. The van der Waals surface area contributed by atoms with E-state index in [2.05, 4.69) is 0 Å². The Hall–Kier alpha value is -0.820. The van der Waals surface area contributed by atoms with Gasteiger partial charge < -0.3 is 20.4 Å². The van der Waals surface area contributed by atoms with E-state index in [0.717, 1.165) is 0 Å². The number of carbonyl (C=O) groups is 2. The number of Topliss-reactive ketones (excluding diaryl/α,β-unsaturated/α-hetero) is 1. The van der Waals surface area contributed by atoms with Crippen LogP contribution in [-0.2, 0) is 9.59 Å². The Balaban J connectivity index is 4.18. The first kappa shape index (κ1) is 11.2. The smallest absolute Gasteiger partial charge is 0.199 e. The quantitative estimate of drug-likeness (QED) is 0.261. The fourth-order valence-corrected chi connectivity index (χ4v) is 0.531. The van der Waals surface area contributed by atoms with E-state index in [1.54, 1.807) is 0 Å². The Bertz CT molecular complexity index is 167. The molecule has 0 heterocycles. The molecule has 0 aromatic carbocycles. The second-order valence-corrected chi connectivity index (χ2v) is 2.18. The number of hydrogen-bond acceptors (Lipinski definition) is 6. The summed E-state index contributed by atoms with van der Waals surface area (Å²) in [5, 5.41) is 34.3. The van der Waals surface area contributed by atoms with Crippen molar-refractivity contribution >= 4 is 12.1 Å². The molecule has 4 N–H and O–H groups in total. The number of rotatable bonds is 5. The predicted molar refractivity (Wildman–Crippen MR) is 36.2 cm³/mol. The molecule has 0 unspecified atom stereocenters. The van der Waals surface area contributed by atoms with E-state index in [-0.39, 0.29) is 6.29 Å². The van der Waals surface area contributed by atoms with Crippen LogP contribution in [0, 0.1) is 0 Å². The molecule has 0 aromatic rings. The minimum absolute atomic E-state index is 0.0738. The molecule has 0 spiro atoms. The minimum Gasteiger partial charge on any atom is -0.394 e. The number of carbonyl (C=O) groups excluding carboxylic acids is 2. The fourth-order valence-electron chi connectivity index (χ4n) is 0.531. The van der Waals surface area contributed by atoms with Crippen molar-refractivity contribution < 1.29 is 30.0 Å². The third kappa shape index (κ3) is 2.67. The largest absolute Gasteiger partial charge is 0.394 e. The second-order valence-electron chi connectivity index (χ2n) is 2.18. The highest BCUT2D eigenvalue weighted by atomic mass is 16.4. The minimum atomic E-state index is -1.96. The molecule has 0 aliphatic rings. The zero-order valence-corrected chi connectivity index (χ0v) is 6.12. The van der Waals surface area contributed by atoms with Crippen LogP contribution in [0.5, 0.6) is 0 Å². The first-order chi connectivity index (χ1) is 5.54. The molecule has 0 rings (SSSR count). The number of aliphatic hydroxyl groups is 4. The average molecular weight is 178 g/mol. The van der Waals surface area contributed by atoms with Gasteiger partial charge in [-0.05, 0) is 0 Å². The second kappa shape index (κ2) is 4.94. The van der Waals surface area contributed by atoms with Gasteiger partial charge in [0.05, 0.1) is 6.61 Å². The maximum atomic E-state index is 10.7. The van der Waals surface area contributed by atoms with E-state index in [1.165, 1.54) is 0 Å². The summed E-state index contributed by atoms with van der Waals surface area (Å²) >= 11 is 0. The van der Waals surface area contributed by atoms with Crippen molar-refractivity contribution in [1.29, 1.82) is 0 Å². The van der Waals surface area contributed by atoms with Gasteiger partial charge in [-0.15, -0.1) is 0 Å². The maximum absolute atomic E-state index is 10.7. The van der Waals surface area contributed by atoms with E-state index in [1.807, 2.05) is 0 Å². The zero-order chi connectivity index (χ0) is 9.72. The highest BCUT2D eigenvalue weighted by molar-refractivity contribution is 5.98. The number of ketones is 1. The molecule has 6 nitrogen and oxygen atoms in total. The first-order valence-electron chi connectivity index (χ1n) is 3.18. The van der Waals surface area contributed by atoms with E-state index < -0.39 is 30.7 Å².